The zero-order chi connectivity index (χ0) is 16.2. The molecule has 1 saturated heterocycles. The number of fused-ring (bicyclic) bond motifs is 1. The zero-order valence-electron chi connectivity index (χ0n) is 11.6. The van der Waals surface area contributed by atoms with Crippen LogP contribution >= 0.6 is 22.6 Å². The molecule has 0 radical (unpaired) electrons. The first-order chi connectivity index (χ1) is 10.3. The van der Waals surface area contributed by atoms with Crippen molar-refractivity contribution in [2.75, 3.05) is 18.1 Å². The summed E-state index contributed by atoms with van der Waals surface area (Å²) in [4.78, 5) is 8.07. The number of nitrogen functional groups attached to an aromatic ring is 2. The van der Waals surface area contributed by atoms with E-state index >= 15 is 0 Å². The Bertz CT molecular complexity index is 734. The van der Waals surface area contributed by atoms with Crippen LogP contribution in [-0.2, 0) is 4.74 Å². The van der Waals surface area contributed by atoms with Crippen molar-refractivity contribution in [1.29, 1.82) is 0 Å². The van der Waals surface area contributed by atoms with Crippen molar-refractivity contribution in [3.8, 4) is 0 Å². The SMILES string of the molecule is C[C@]1(O)C(n2cc(I)c3c(N)nc(N)nc32)O[C@H](CO)[C@H]1O. The molecule has 4 atom stereocenters. The van der Waals surface area contributed by atoms with Crippen molar-refractivity contribution < 1.29 is 20.1 Å². The van der Waals surface area contributed by atoms with Gasteiger partial charge in [0.05, 0.1) is 12.0 Å². The molecule has 22 heavy (non-hydrogen) atoms. The minimum absolute atomic E-state index is 0.00218. The van der Waals surface area contributed by atoms with E-state index in [1.807, 2.05) is 0 Å². The third-order valence-corrected chi connectivity index (χ3v) is 4.68. The Morgan fingerprint density at radius 2 is 2.14 bits per heavy atom. The van der Waals surface area contributed by atoms with Crippen molar-refractivity contribution in [2.45, 2.75) is 31.0 Å². The summed E-state index contributed by atoms with van der Waals surface area (Å²) >= 11 is 2.06. The lowest BCUT2D eigenvalue weighted by molar-refractivity contribution is -0.0948. The Kier molecular flexibility index (Phi) is 3.68. The molecule has 0 bridgehead atoms. The summed E-state index contributed by atoms with van der Waals surface area (Å²) in [6.45, 7) is 1.02. The molecule has 7 N–H and O–H groups in total. The third-order valence-electron chi connectivity index (χ3n) is 3.86. The van der Waals surface area contributed by atoms with E-state index in [1.54, 1.807) is 10.8 Å². The number of nitrogens with zero attached hydrogens (tertiary/aromatic N) is 3. The molecule has 1 aliphatic rings. The van der Waals surface area contributed by atoms with Gasteiger partial charge in [0, 0.05) is 9.77 Å². The van der Waals surface area contributed by atoms with Crippen molar-refractivity contribution in [3.63, 3.8) is 0 Å². The maximum atomic E-state index is 10.6. The second-order valence-electron chi connectivity index (χ2n) is 5.43. The van der Waals surface area contributed by atoms with Gasteiger partial charge in [0.25, 0.3) is 0 Å². The topological polar surface area (TPSA) is 153 Å². The lowest BCUT2D eigenvalue weighted by Gasteiger charge is -2.27. The van der Waals surface area contributed by atoms with E-state index < -0.39 is 30.6 Å². The molecule has 0 aliphatic carbocycles. The fourth-order valence-electron chi connectivity index (χ4n) is 2.72. The number of rotatable bonds is 2. The lowest BCUT2D eigenvalue weighted by atomic mass is 9.96. The smallest absolute Gasteiger partial charge is 0.223 e. The molecule has 0 amide bonds. The van der Waals surface area contributed by atoms with E-state index in [1.165, 1.54) is 6.92 Å². The van der Waals surface area contributed by atoms with Gasteiger partial charge in [-0.05, 0) is 29.5 Å². The average Bonchev–Trinajstić information content (AvgIpc) is 2.86. The number of nitrogens with two attached hydrogens (primary N) is 2. The molecule has 1 fully saturated rings. The fourth-order valence-corrected chi connectivity index (χ4v) is 3.53. The Labute approximate surface area is 139 Å². The molecule has 0 aromatic carbocycles. The number of hydrogen-bond acceptors (Lipinski definition) is 8. The summed E-state index contributed by atoms with van der Waals surface area (Å²) in [5.74, 6) is 0.222. The summed E-state index contributed by atoms with van der Waals surface area (Å²) in [6.07, 6.45) is -1.40. The van der Waals surface area contributed by atoms with Crippen molar-refractivity contribution in [1.82, 2.24) is 14.5 Å². The second kappa shape index (κ2) is 5.16. The second-order valence-corrected chi connectivity index (χ2v) is 6.59. The number of aliphatic hydroxyl groups is 3. The highest BCUT2D eigenvalue weighted by Gasteiger charge is 2.53. The molecule has 3 rings (SSSR count). The molecule has 10 heteroatoms. The van der Waals surface area contributed by atoms with E-state index in [4.69, 9.17) is 16.2 Å². The standard InChI is InChI=1S/C12H16IN5O4/c1-12(21)7(20)5(3-19)22-10(12)18-2-4(13)6-8(14)16-11(15)17-9(6)18/h2,5,7,10,19-21H,3H2,1H3,(H4,14,15,16,17)/t5-,7-,10?,12-/m1/s1. The van der Waals surface area contributed by atoms with Crippen molar-refractivity contribution in [3.05, 3.63) is 9.77 Å². The van der Waals surface area contributed by atoms with Gasteiger partial charge in [-0.1, -0.05) is 0 Å². The number of ether oxygens (including phenoxy) is 1. The quantitative estimate of drug-likeness (QED) is 0.396. The largest absolute Gasteiger partial charge is 0.394 e. The van der Waals surface area contributed by atoms with Crippen LogP contribution in [0.5, 0.6) is 0 Å². The molecule has 2 aromatic rings. The van der Waals surface area contributed by atoms with E-state index in [-0.39, 0.29) is 11.8 Å². The number of hydrogen-bond donors (Lipinski definition) is 5. The molecule has 9 nitrogen and oxygen atoms in total. The molecule has 1 unspecified atom stereocenters. The van der Waals surface area contributed by atoms with Gasteiger partial charge >= 0.3 is 0 Å². The summed E-state index contributed by atoms with van der Waals surface area (Å²) in [6, 6.07) is 0. The van der Waals surface area contributed by atoms with E-state index in [2.05, 4.69) is 32.6 Å². The van der Waals surface area contributed by atoms with E-state index in [0.29, 0.717) is 11.0 Å². The van der Waals surface area contributed by atoms with Crippen LogP contribution in [0, 0.1) is 3.57 Å². The highest BCUT2D eigenvalue weighted by atomic mass is 127. The van der Waals surface area contributed by atoms with Gasteiger partial charge in [0.1, 0.15) is 23.6 Å². The molecule has 3 heterocycles. The molecular formula is C12H16IN5O4. The van der Waals surface area contributed by atoms with Gasteiger partial charge in [-0.3, -0.25) is 0 Å². The first-order valence-electron chi connectivity index (χ1n) is 6.53. The van der Waals surface area contributed by atoms with E-state index in [0.717, 1.165) is 3.57 Å². The predicted molar refractivity (Wildman–Crippen MR) is 86.7 cm³/mol. The van der Waals surface area contributed by atoms with Crippen molar-refractivity contribution in [2.24, 2.45) is 0 Å². The highest BCUT2D eigenvalue weighted by molar-refractivity contribution is 14.1. The van der Waals surface area contributed by atoms with Crippen LogP contribution in [0.2, 0.25) is 0 Å². The lowest BCUT2D eigenvalue weighted by Crippen LogP contribution is -2.44. The fraction of sp³-hybridized carbons (Fsp3) is 0.500. The first kappa shape index (κ1) is 15.7. The summed E-state index contributed by atoms with van der Waals surface area (Å²) in [7, 11) is 0. The molecule has 0 spiro atoms. The van der Waals surface area contributed by atoms with Gasteiger partial charge in [-0.2, -0.15) is 9.97 Å². The highest BCUT2D eigenvalue weighted by Crippen LogP contribution is 2.41. The summed E-state index contributed by atoms with van der Waals surface area (Å²) < 4.78 is 7.89. The first-order valence-corrected chi connectivity index (χ1v) is 7.61. The predicted octanol–water partition coefficient (Wildman–Crippen LogP) is -0.798. The molecular weight excluding hydrogens is 405 g/mol. The number of aliphatic hydroxyl groups excluding tert-OH is 2. The van der Waals surface area contributed by atoms with Crippen LogP contribution in [0.3, 0.4) is 0 Å². The van der Waals surface area contributed by atoms with Crippen LogP contribution in [0.4, 0.5) is 11.8 Å². The van der Waals surface area contributed by atoms with Gasteiger partial charge < -0.3 is 36.1 Å². The van der Waals surface area contributed by atoms with Gasteiger partial charge in [-0.25, -0.2) is 0 Å². The molecule has 0 saturated carbocycles. The summed E-state index contributed by atoms with van der Waals surface area (Å²) in [5.41, 5.74) is 10.3. The monoisotopic (exact) mass is 421 g/mol. The number of aromatic nitrogens is 3. The number of halogens is 1. The van der Waals surface area contributed by atoms with Gasteiger partial charge in [0.2, 0.25) is 5.95 Å². The molecule has 2 aromatic heterocycles. The molecule has 120 valence electrons. The molecule has 1 aliphatic heterocycles. The minimum Gasteiger partial charge on any atom is -0.394 e. The third kappa shape index (κ3) is 2.13. The Morgan fingerprint density at radius 3 is 2.73 bits per heavy atom. The average molecular weight is 421 g/mol. The van der Waals surface area contributed by atoms with Crippen molar-refractivity contribution >= 4 is 45.4 Å². The van der Waals surface area contributed by atoms with Crippen LogP contribution in [0.15, 0.2) is 6.20 Å². The van der Waals surface area contributed by atoms with Gasteiger partial charge in [-0.15, -0.1) is 0 Å². The maximum absolute atomic E-state index is 10.6. The van der Waals surface area contributed by atoms with Crippen LogP contribution in [0.1, 0.15) is 13.2 Å². The van der Waals surface area contributed by atoms with E-state index in [9.17, 15) is 15.3 Å². The Hall–Kier alpha value is -1.21. The maximum Gasteiger partial charge on any atom is 0.223 e. The Balaban J connectivity index is 2.19. The number of anilines is 2. The van der Waals surface area contributed by atoms with Crippen LogP contribution in [0.25, 0.3) is 11.0 Å². The zero-order valence-corrected chi connectivity index (χ0v) is 13.8. The normalized spacial score (nSPS) is 32.0. The van der Waals surface area contributed by atoms with Crippen LogP contribution < -0.4 is 11.5 Å². The Morgan fingerprint density at radius 1 is 1.45 bits per heavy atom. The summed E-state index contributed by atoms with van der Waals surface area (Å²) in [5, 5.41) is 30.5. The van der Waals surface area contributed by atoms with Gasteiger partial charge in [0.15, 0.2) is 11.9 Å². The minimum atomic E-state index is -1.61. The van der Waals surface area contributed by atoms with Crippen LogP contribution in [-0.4, -0.2) is 54.3 Å².